The Kier molecular flexibility index (Phi) is 6.47. The van der Waals surface area contributed by atoms with Gasteiger partial charge >= 0.3 is 0 Å². The molecule has 7 heteroatoms. The molecular formula is C27H33N3O3S. The summed E-state index contributed by atoms with van der Waals surface area (Å²) in [4.78, 5) is 46.7. The lowest BCUT2D eigenvalue weighted by atomic mass is 9.91. The summed E-state index contributed by atoms with van der Waals surface area (Å²) in [7, 11) is 1.96. The first kappa shape index (κ1) is 23.1. The maximum atomic E-state index is 13.5. The van der Waals surface area contributed by atoms with E-state index in [0.717, 1.165) is 42.8 Å². The molecule has 2 fully saturated rings. The van der Waals surface area contributed by atoms with Crippen molar-refractivity contribution in [3.05, 3.63) is 51.7 Å². The number of carbonyl (C=O) groups is 3. The van der Waals surface area contributed by atoms with Gasteiger partial charge in [0.2, 0.25) is 5.91 Å². The average Bonchev–Trinajstić information content (AvgIpc) is 3.51. The first-order valence-electron chi connectivity index (χ1n) is 12.5. The van der Waals surface area contributed by atoms with E-state index in [1.807, 2.05) is 48.5 Å². The Morgan fingerprint density at radius 3 is 2.56 bits per heavy atom. The molecule has 3 aliphatic rings. The Morgan fingerprint density at radius 2 is 1.82 bits per heavy atom. The van der Waals surface area contributed by atoms with Gasteiger partial charge in [0, 0.05) is 31.1 Å². The van der Waals surface area contributed by atoms with Gasteiger partial charge in [-0.25, -0.2) is 0 Å². The Bertz CT molecular complexity index is 1080. The van der Waals surface area contributed by atoms with E-state index in [1.165, 1.54) is 24.2 Å². The molecule has 1 saturated carbocycles. The Labute approximate surface area is 205 Å². The fourth-order valence-electron chi connectivity index (χ4n) is 5.89. The maximum Gasteiger partial charge on any atom is 0.264 e. The molecule has 1 aromatic heterocycles. The van der Waals surface area contributed by atoms with Gasteiger partial charge in [-0.3, -0.25) is 19.3 Å². The summed E-state index contributed by atoms with van der Waals surface area (Å²) in [5.74, 6) is -0.321. The quantitative estimate of drug-likeness (QED) is 0.559. The topological polar surface area (TPSA) is 60.9 Å². The minimum absolute atomic E-state index is 0.0788. The van der Waals surface area contributed by atoms with Gasteiger partial charge in [0.15, 0.2) is 0 Å². The zero-order valence-electron chi connectivity index (χ0n) is 20.0. The molecular weight excluding hydrogens is 446 g/mol. The third-order valence-corrected chi connectivity index (χ3v) is 8.89. The van der Waals surface area contributed by atoms with E-state index < -0.39 is 0 Å². The van der Waals surface area contributed by atoms with Crippen LogP contribution in [0, 0.1) is 5.92 Å². The van der Waals surface area contributed by atoms with Crippen molar-refractivity contribution in [3.63, 3.8) is 0 Å². The molecule has 0 N–H and O–H groups in total. The molecule has 5 rings (SSSR count). The standard InChI is InChI=1S/C27H33N3O3S/c1-18(23-14-8-16-34-23)30-26(32)21-12-6-13-22(24(21)27(30)33)29-15-7-9-19(17-29)25(31)28(2)20-10-4-3-5-11-20/h6,8,12-14,16,18-20H,3-5,7,9-11,15,17H2,1-2H3. The molecule has 1 saturated heterocycles. The number of rotatable bonds is 5. The van der Waals surface area contributed by atoms with Crippen molar-refractivity contribution in [2.45, 2.75) is 64.0 Å². The zero-order valence-corrected chi connectivity index (χ0v) is 20.9. The predicted octanol–water partition coefficient (Wildman–Crippen LogP) is 5.11. The normalized spacial score (nSPS) is 22.1. The van der Waals surface area contributed by atoms with Crippen LogP contribution in [0.15, 0.2) is 35.7 Å². The summed E-state index contributed by atoms with van der Waals surface area (Å²) in [6, 6.07) is 9.49. The lowest BCUT2D eigenvalue weighted by molar-refractivity contribution is -0.137. The van der Waals surface area contributed by atoms with Gasteiger partial charge in [0.25, 0.3) is 11.8 Å². The minimum Gasteiger partial charge on any atom is -0.370 e. The molecule has 2 aromatic rings. The fourth-order valence-corrected chi connectivity index (χ4v) is 6.66. The average molecular weight is 480 g/mol. The van der Waals surface area contributed by atoms with Crippen molar-refractivity contribution >= 4 is 34.7 Å². The molecule has 34 heavy (non-hydrogen) atoms. The number of fused-ring (bicyclic) bond motifs is 1. The van der Waals surface area contributed by atoms with Crippen molar-refractivity contribution < 1.29 is 14.4 Å². The number of amides is 3. The van der Waals surface area contributed by atoms with Crippen LogP contribution in [0.25, 0.3) is 0 Å². The van der Waals surface area contributed by atoms with Crippen molar-refractivity contribution in [2.75, 3.05) is 25.0 Å². The van der Waals surface area contributed by atoms with Crippen LogP contribution >= 0.6 is 11.3 Å². The second-order valence-corrected chi connectivity index (χ2v) is 10.9. The number of anilines is 1. The van der Waals surface area contributed by atoms with Crippen molar-refractivity contribution in [1.82, 2.24) is 9.80 Å². The molecule has 0 radical (unpaired) electrons. The van der Waals surface area contributed by atoms with Gasteiger partial charge < -0.3 is 9.80 Å². The van der Waals surface area contributed by atoms with E-state index in [0.29, 0.717) is 23.7 Å². The first-order chi connectivity index (χ1) is 16.5. The lowest BCUT2D eigenvalue weighted by Crippen LogP contribution is -2.47. The highest BCUT2D eigenvalue weighted by atomic mass is 32.1. The third kappa shape index (κ3) is 4.04. The van der Waals surface area contributed by atoms with Crippen molar-refractivity contribution in [3.8, 4) is 0 Å². The van der Waals surface area contributed by atoms with Gasteiger partial charge in [0.1, 0.15) is 0 Å². The molecule has 2 aliphatic heterocycles. The van der Waals surface area contributed by atoms with Crippen molar-refractivity contribution in [2.24, 2.45) is 5.92 Å². The minimum atomic E-state index is -0.305. The number of piperidine rings is 1. The van der Waals surface area contributed by atoms with E-state index in [2.05, 4.69) is 4.90 Å². The molecule has 0 spiro atoms. The summed E-state index contributed by atoms with van der Waals surface area (Å²) < 4.78 is 0. The van der Waals surface area contributed by atoms with Crippen LogP contribution in [0.1, 0.15) is 83.5 Å². The Morgan fingerprint density at radius 1 is 1.03 bits per heavy atom. The largest absolute Gasteiger partial charge is 0.370 e. The van der Waals surface area contributed by atoms with Gasteiger partial charge in [0.05, 0.1) is 28.8 Å². The fraction of sp³-hybridized carbons (Fsp3) is 0.519. The summed E-state index contributed by atoms with van der Waals surface area (Å²) in [6.45, 7) is 3.29. The molecule has 2 atom stereocenters. The molecule has 180 valence electrons. The molecule has 1 aliphatic carbocycles. The molecule has 3 amide bonds. The van der Waals surface area contributed by atoms with Crippen LogP contribution < -0.4 is 4.90 Å². The summed E-state index contributed by atoms with van der Waals surface area (Å²) >= 11 is 1.55. The SMILES string of the molecule is CC(c1cccs1)N1C(=O)c2cccc(N3CCCC(C(=O)N(C)C4CCCCC4)C3)c2C1=O. The van der Waals surface area contributed by atoms with Gasteiger partial charge in [-0.15, -0.1) is 11.3 Å². The monoisotopic (exact) mass is 479 g/mol. The smallest absolute Gasteiger partial charge is 0.264 e. The lowest BCUT2D eigenvalue weighted by Gasteiger charge is -2.38. The van der Waals surface area contributed by atoms with Crippen LogP contribution in [-0.2, 0) is 4.79 Å². The number of hydrogen-bond donors (Lipinski definition) is 0. The molecule has 6 nitrogen and oxygen atoms in total. The van der Waals surface area contributed by atoms with Crippen LogP contribution in [0.3, 0.4) is 0 Å². The van der Waals surface area contributed by atoms with Gasteiger partial charge in [-0.2, -0.15) is 0 Å². The summed E-state index contributed by atoms with van der Waals surface area (Å²) in [6.07, 6.45) is 7.63. The summed E-state index contributed by atoms with van der Waals surface area (Å²) in [5.41, 5.74) is 1.75. The number of nitrogens with zero attached hydrogens (tertiary/aromatic N) is 3. The second kappa shape index (κ2) is 9.53. The highest BCUT2D eigenvalue weighted by molar-refractivity contribution is 7.10. The number of carbonyl (C=O) groups excluding carboxylic acids is 3. The Hall–Kier alpha value is -2.67. The Balaban J connectivity index is 1.37. The highest BCUT2D eigenvalue weighted by Crippen LogP contribution is 2.38. The maximum absolute atomic E-state index is 13.5. The highest BCUT2D eigenvalue weighted by Gasteiger charge is 2.42. The van der Waals surface area contributed by atoms with Crippen LogP contribution in [-0.4, -0.2) is 53.7 Å². The summed E-state index contributed by atoms with van der Waals surface area (Å²) in [5, 5.41) is 1.96. The first-order valence-corrected chi connectivity index (χ1v) is 13.4. The van der Waals surface area contributed by atoms with Gasteiger partial charge in [-0.05, 0) is 56.2 Å². The third-order valence-electron chi connectivity index (χ3n) is 7.85. The predicted molar refractivity (Wildman–Crippen MR) is 134 cm³/mol. The number of hydrogen-bond acceptors (Lipinski definition) is 5. The van der Waals surface area contributed by atoms with Crippen molar-refractivity contribution in [1.29, 1.82) is 0 Å². The number of imide groups is 1. The van der Waals surface area contributed by atoms with E-state index in [-0.39, 0.29) is 29.7 Å². The van der Waals surface area contributed by atoms with E-state index in [1.54, 1.807) is 17.4 Å². The molecule has 2 unspecified atom stereocenters. The molecule has 3 heterocycles. The molecule has 0 bridgehead atoms. The number of thiophene rings is 1. The van der Waals surface area contributed by atoms with Crippen LogP contribution in [0.2, 0.25) is 0 Å². The van der Waals surface area contributed by atoms with Crippen LogP contribution in [0.5, 0.6) is 0 Å². The van der Waals surface area contributed by atoms with E-state index in [9.17, 15) is 14.4 Å². The zero-order chi connectivity index (χ0) is 23.8. The van der Waals surface area contributed by atoms with E-state index >= 15 is 0 Å². The molecule has 1 aromatic carbocycles. The van der Waals surface area contributed by atoms with Crippen LogP contribution in [0.4, 0.5) is 5.69 Å². The van der Waals surface area contributed by atoms with Gasteiger partial charge in [-0.1, -0.05) is 31.4 Å². The second-order valence-electron chi connectivity index (χ2n) is 9.90. The number of benzene rings is 1. The van der Waals surface area contributed by atoms with E-state index in [4.69, 9.17) is 0 Å².